The molecule has 0 spiro atoms. The average molecular weight is 383 g/mol. The fourth-order valence-corrected chi connectivity index (χ4v) is 3.62. The van der Waals surface area contributed by atoms with E-state index in [1.807, 2.05) is 0 Å². The van der Waals surface area contributed by atoms with Gasteiger partial charge in [-0.15, -0.1) is 0 Å². The highest BCUT2D eigenvalue weighted by atomic mass is 35.5. The summed E-state index contributed by atoms with van der Waals surface area (Å²) in [5.74, 6) is 0.346. The quantitative estimate of drug-likeness (QED) is 0.861. The van der Waals surface area contributed by atoms with E-state index in [2.05, 4.69) is 4.72 Å². The minimum Gasteiger partial charge on any atom is -0.496 e. The van der Waals surface area contributed by atoms with E-state index in [9.17, 15) is 13.2 Å². The third kappa shape index (κ3) is 4.24. The summed E-state index contributed by atoms with van der Waals surface area (Å²) in [6.45, 7) is 1.76. The minimum absolute atomic E-state index is 0.107. The molecule has 6 nitrogen and oxygen atoms in total. The van der Waals surface area contributed by atoms with Crippen molar-refractivity contribution < 1.29 is 17.9 Å². The summed E-state index contributed by atoms with van der Waals surface area (Å²) in [7, 11) is 0.959. The van der Waals surface area contributed by atoms with E-state index in [-0.39, 0.29) is 21.5 Å². The lowest BCUT2D eigenvalue weighted by atomic mass is 10.2. The molecule has 0 unspecified atom stereocenters. The van der Waals surface area contributed by atoms with Crippen molar-refractivity contribution >= 4 is 33.2 Å². The van der Waals surface area contributed by atoms with Gasteiger partial charge >= 0.3 is 0 Å². The monoisotopic (exact) mass is 382 g/mol. The molecule has 2 rings (SSSR count). The van der Waals surface area contributed by atoms with Crippen LogP contribution in [0.3, 0.4) is 0 Å². The molecule has 2 aromatic rings. The van der Waals surface area contributed by atoms with E-state index in [1.165, 1.54) is 42.3 Å². The molecule has 0 bridgehead atoms. The van der Waals surface area contributed by atoms with E-state index >= 15 is 0 Å². The van der Waals surface area contributed by atoms with Crippen LogP contribution in [0.15, 0.2) is 41.3 Å². The number of hydrogen-bond acceptors (Lipinski definition) is 4. The number of carbonyl (C=O) groups excluding carboxylic acids is 1. The molecule has 0 radical (unpaired) electrons. The molecule has 25 heavy (non-hydrogen) atoms. The summed E-state index contributed by atoms with van der Waals surface area (Å²) in [4.78, 5) is 13.5. The van der Waals surface area contributed by atoms with Crippen molar-refractivity contribution in [2.24, 2.45) is 0 Å². The Morgan fingerprint density at radius 1 is 1.16 bits per heavy atom. The summed E-state index contributed by atoms with van der Waals surface area (Å²) in [6, 6.07) is 8.96. The first kappa shape index (κ1) is 19.1. The van der Waals surface area contributed by atoms with Crippen LogP contribution in [0, 0.1) is 6.92 Å². The zero-order valence-corrected chi connectivity index (χ0v) is 15.9. The van der Waals surface area contributed by atoms with Crippen LogP contribution in [0.4, 0.5) is 5.69 Å². The number of hydrogen-bond donors (Lipinski definition) is 1. The molecule has 0 fully saturated rings. The number of methoxy groups -OCH3 is 1. The molecule has 134 valence electrons. The summed E-state index contributed by atoms with van der Waals surface area (Å²) >= 11 is 6.11. The van der Waals surface area contributed by atoms with Crippen molar-refractivity contribution in [2.75, 3.05) is 25.9 Å². The van der Waals surface area contributed by atoms with Gasteiger partial charge in [-0.2, -0.15) is 0 Å². The highest BCUT2D eigenvalue weighted by Crippen LogP contribution is 2.26. The molecule has 1 amide bonds. The van der Waals surface area contributed by atoms with Gasteiger partial charge in [-0.3, -0.25) is 9.52 Å². The number of ether oxygens (including phenoxy) is 1. The van der Waals surface area contributed by atoms with Crippen LogP contribution in [0.5, 0.6) is 5.75 Å². The topological polar surface area (TPSA) is 75.7 Å². The molecule has 0 aliphatic rings. The standard InChI is InChI=1S/C17H19ClN2O4S/c1-11-9-13(6-8-16(11)24-4)25(22,23)19-12-5-7-14(15(18)10-12)17(21)20(2)3/h5-10,19H,1-4H3. The van der Waals surface area contributed by atoms with Crippen molar-refractivity contribution in [1.29, 1.82) is 0 Å². The van der Waals surface area contributed by atoms with Gasteiger partial charge in [0.25, 0.3) is 15.9 Å². The first-order valence-electron chi connectivity index (χ1n) is 7.34. The Hall–Kier alpha value is -2.25. The smallest absolute Gasteiger partial charge is 0.261 e. The number of aryl methyl sites for hydroxylation is 1. The second kappa shape index (κ2) is 7.33. The van der Waals surface area contributed by atoms with E-state index in [4.69, 9.17) is 16.3 Å². The number of nitrogens with zero attached hydrogens (tertiary/aromatic N) is 1. The maximum Gasteiger partial charge on any atom is 0.261 e. The molecule has 2 aromatic carbocycles. The molecule has 0 atom stereocenters. The molecule has 8 heteroatoms. The van der Waals surface area contributed by atoms with Crippen LogP contribution in [-0.2, 0) is 10.0 Å². The highest BCUT2D eigenvalue weighted by Gasteiger charge is 2.18. The molecule has 0 aliphatic heterocycles. The van der Waals surface area contributed by atoms with Crippen LogP contribution in [-0.4, -0.2) is 40.4 Å². The van der Waals surface area contributed by atoms with Gasteiger partial charge in [0, 0.05) is 14.1 Å². The molecular weight excluding hydrogens is 364 g/mol. The Balaban J connectivity index is 2.31. The molecule has 0 saturated heterocycles. The van der Waals surface area contributed by atoms with Gasteiger partial charge in [0.1, 0.15) is 5.75 Å². The lowest BCUT2D eigenvalue weighted by Gasteiger charge is -2.14. The Bertz CT molecular complexity index is 911. The van der Waals surface area contributed by atoms with Gasteiger partial charge < -0.3 is 9.64 Å². The van der Waals surface area contributed by atoms with Crippen molar-refractivity contribution in [1.82, 2.24) is 4.90 Å². The minimum atomic E-state index is -3.79. The third-order valence-corrected chi connectivity index (χ3v) is 5.23. The molecule has 1 N–H and O–H groups in total. The number of sulfonamides is 1. The van der Waals surface area contributed by atoms with E-state index in [0.717, 1.165) is 0 Å². The van der Waals surface area contributed by atoms with Gasteiger partial charge in [-0.25, -0.2) is 8.42 Å². The van der Waals surface area contributed by atoms with Crippen LogP contribution in [0.2, 0.25) is 5.02 Å². The van der Waals surface area contributed by atoms with Crippen LogP contribution in [0.1, 0.15) is 15.9 Å². The van der Waals surface area contributed by atoms with Crippen molar-refractivity contribution in [3.63, 3.8) is 0 Å². The normalized spacial score (nSPS) is 11.1. The van der Waals surface area contributed by atoms with Gasteiger partial charge in [0.15, 0.2) is 0 Å². The van der Waals surface area contributed by atoms with Crippen molar-refractivity contribution in [2.45, 2.75) is 11.8 Å². The number of nitrogens with one attached hydrogen (secondary N) is 1. The average Bonchev–Trinajstić information content (AvgIpc) is 2.53. The maximum atomic E-state index is 12.5. The second-order valence-electron chi connectivity index (χ2n) is 5.63. The van der Waals surface area contributed by atoms with Gasteiger partial charge in [-0.05, 0) is 48.9 Å². The number of amides is 1. The highest BCUT2D eigenvalue weighted by molar-refractivity contribution is 7.92. The Labute approximate surface area is 152 Å². The number of halogens is 1. The number of carbonyl (C=O) groups is 1. The number of benzene rings is 2. The summed E-state index contributed by atoms with van der Waals surface area (Å²) in [5, 5.41) is 0.171. The van der Waals surface area contributed by atoms with Crippen LogP contribution in [0.25, 0.3) is 0 Å². The maximum absolute atomic E-state index is 12.5. The first-order chi connectivity index (χ1) is 11.7. The second-order valence-corrected chi connectivity index (χ2v) is 7.72. The molecule has 0 heterocycles. The predicted molar refractivity (Wildman–Crippen MR) is 98.0 cm³/mol. The SMILES string of the molecule is COc1ccc(S(=O)(=O)Nc2ccc(C(=O)N(C)C)c(Cl)c2)cc1C. The fraction of sp³-hybridized carbons (Fsp3) is 0.235. The van der Waals surface area contributed by atoms with Gasteiger partial charge in [0.05, 0.1) is 28.3 Å². The van der Waals surface area contributed by atoms with Crippen molar-refractivity contribution in [3.05, 3.63) is 52.5 Å². The number of anilines is 1. The zero-order chi connectivity index (χ0) is 18.8. The van der Waals surface area contributed by atoms with Gasteiger partial charge in [-0.1, -0.05) is 11.6 Å². The summed E-state index contributed by atoms with van der Waals surface area (Å²) in [5.41, 5.74) is 1.28. The largest absolute Gasteiger partial charge is 0.496 e. The fourth-order valence-electron chi connectivity index (χ4n) is 2.23. The first-order valence-corrected chi connectivity index (χ1v) is 9.20. The third-order valence-electron chi connectivity index (χ3n) is 3.53. The zero-order valence-electron chi connectivity index (χ0n) is 14.3. The van der Waals surface area contributed by atoms with Crippen LogP contribution < -0.4 is 9.46 Å². The summed E-state index contributed by atoms with van der Waals surface area (Å²) in [6.07, 6.45) is 0. The Morgan fingerprint density at radius 2 is 1.84 bits per heavy atom. The lowest BCUT2D eigenvalue weighted by molar-refractivity contribution is 0.0828. The van der Waals surface area contributed by atoms with Gasteiger partial charge in [0.2, 0.25) is 0 Å². The Kier molecular flexibility index (Phi) is 5.59. The molecule has 0 saturated carbocycles. The molecule has 0 aromatic heterocycles. The van der Waals surface area contributed by atoms with Crippen molar-refractivity contribution in [3.8, 4) is 5.75 Å². The molecular formula is C17H19ClN2O4S. The Morgan fingerprint density at radius 3 is 2.36 bits per heavy atom. The van der Waals surface area contributed by atoms with E-state index in [0.29, 0.717) is 16.9 Å². The lowest BCUT2D eigenvalue weighted by Crippen LogP contribution is -2.22. The van der Waals surface area contributed by atoms with Crippen LogP contribution >= 0.6 is 11.6 Å². The van der Waals surface area contributed by atoms with E-state index < -0.39 is 10.0 Å². The predicted octanol–water partition coefficient (Wildman–Crippen LogP) is 3.16. The molecule has 0 aliphatic carbocycles. The summed E-state index contributed by atoms with van der Waals surface area (Å²) < 4.78 is 32.6. The van der Waals surface area contributed by atoms with E-state index in [1.54, 1.807) is 27.1 Å². The number of rotatable bonds is 5.